The summed E-state index contributed by atoms with van der Waals surface area (Å²) in [6, 6.07) is -0.836. The van der Waals surface area contributed by atoms with Crippen molar-refractivity contribution in [3.63, 3.8) is 0 Å². The molecule has 438 valence electrons. The third kappa shape index (κ3) is 43.2. The molecule has 0 aliphatic carbocycles. The van der Waals surface area contributed by atoms with Crippen LogP contribution >= 0.6 is 0 Å². The average Bonchev–Trinajstić information content (AvgIpc) is 3.41. The van der Waals surface area contributed by atoms with E-state index in [-0.39, 0.29) is 18.5 Å². The number of amides is 1. The zero-order valence-corrected chi connectivity index (χ0v) is 48.3. The highest BCUT2D eigenvalue weighted by molar-refractivity contribution is 5.76. The van der Waals surface area contributed by atoms with Gasteiger partial charge in [-0.05, 0) is 77.0 Å². The van der Waals surface area contributed by atoms with Crippen molar-refractivity contribution in [1.29, 1.82) is 0 Å². The van der Waals surface area contributed by atoms with Crippen molar-refractivity contribution in [2.45, 2.75) is 326 Å². The molecule has 6 N–H and O–H groups in total. The molecule has 1 aliphatic heterocycles. The van der Waals surface area contributed by atoms with Crippen LogP contribution in [0.3, 0.4) is 0 Å². The second kappa shape index (κ2) is 53.6. The molecule has 0 aromatic carbocycles. The number of hydrogen-bond acceptors (Lipinski definition) is 10. The quantitative estimate of drug-likeness (QED) is 0.0195. The lowest BCUT2D eigenvalue weighted by molar-refractivity contribution is -0.302. The molecule has 11 nitrogen and oxygen atoms in total. The van der Waals surface area contributed by atoms with Crippen LogP contribution in [-0.2, 0) is 23.8 Å². The van der Waals surface area contributed by atoms with Crippen LogP contribution in [0.1, 0.15) is 284 Å². The second-order valence-corrected chi connectivity index (χ2v) is 21.7. The predicted octanol–water partition coefficient (Wildman–Crippen LogP) is 14.8. The Bertz CT molecular complexity index is 1390. The molecule has 1 amide bonds. The smallest absolute Gasteiger partial charge is 0.305 e. The summed E-state index contributed by atoms with van der Waals surface area (Å²) in [7, 11) is 0. The summed E-state index contributed by atoms with van der Waals surface area (Å²) in [6.07, 6.45) is 58.0. The molecule has 1 aliphatic rings. The summed E-state index contributed by atoms with van der Waals surface area (Å²) in [5.41, 5.74) is 0. The molecular formula is C64H117NO10. The first-order valence-corrected chi connectivity index (χ1v) is 31.4. The van der Waals surface area contributed by atoms with Crippen molar-refractivity contribution < 1.29 is 49.3 Å². The molecule has 0 radical (unpaired) electrons. The lowest BCUT2D eigenvalue weighted by Gasteiger charge is -2.40. The van der Waals surface area contributed by atoms with Gasteiger partial charge in [-0.3, -0.25) is 9.59 Å². The van der Waals surface area contributed by atoms with Gasteiger partial charge in [0.05, 0.1) is 32.0 Å². The Hall–Kier alpha value is -2.38. The maximum Gasteiger partial charge on any atom is 0.305 e. The van der Waals surface area contributed by atoms with Gasteiger partial charge in [-0.2, -0.15) is 0 Å². The largest absolute Gasteiger partial charge is 0.466 e. The Morgan fingerprint density at radius 2 is 0.893 bits per heavy atom. The molecule has 7 atom stereocenters. The van der Waals surface area contributed by atoms with Gasteiger partial charge in [0.1, 0.15) is 24.4 Å². The van der Waals surface area contributed by atoms with E-state index in [2.05, 4.69) is 55.6 Å². The van der Waals surface area contributed by atoms with E-state index < -0.39 is 49.5 Å². The van der Waals surface area contributed by atoms with Gasteiger partial charge in [-0.25, -0.2) is 0 Å². The topological polar surface area (TPSA) is 175 Å². The minimum Gasteiger partial charge on any atom is -0.466 e. The van der Waals surface area contributed by atoms with Gasteiger partial charge >= 0.3 is 5.97 Å². The Morgan fingerprint density at radius 1 is 0.480 bits per heavy atom. The van der Waals surface area contributed by atoms with Gasteiger partial charge in [-0.15, -0.1) is 0 Å². The Kier molecular flexibility index (Phi) is 50.5. The number of unbranched alkanes of at least 4 members (excludes halogenated alkanes) is 34. The van der Waals surface area contributed by atoms with E-state index in [1.807, 2.05) is 6.08 Å². The molecule has 11 heteroatoms. The Labute approximate surface area is 459 Å². The number of nitrogens with one attached hydrogen (secondary N) is 1. The van der Waals surface area contributed by atoms with Crippen molar-refractivity contribution >= 4 is 11.9 Å². The standard InChI is InChI=1S/C64H117NO10/c1-3-5-7-9-11-13-30-34-38-42-46-50-57(67)56(55-74-64-63(72)62(71)61(70)58(54-66)75-64)65-59(68)51-47-43-39-35-32-28-26-24-22-20-18-16-15-17-19-21-23-25-27-29-33-37-41-45-49-53-73-60(69)52-48-44-40-36-31-14-12-10-8-6-4-2/h7,9,16,18,30,34,46,50,56-58,61-64,66-67,70-72H,3-6,8,10-15,17,19-29,31-33,35-45,47-49,51-55H2,1-2H3,(H,65,68)/b9-7+,18-16-,34-30+,50-46+. The number of allylic oxidation sites excluding steroid dienone is 7. The molecule has 0 aromatic rings. The van der Waals surface area contributed by atoms with Gasteiger partial charge in [0.25, 0.3) is 0 Å². The van der Waals surface area contributed by atoms with E-state index >= 15 is 0 Å². The van der Waals surface area contributed by atoms with Crippen LogP contribution in [-0.4, -0.2) is 100 Å². The monoisotopic (exact) mass is 1060 g/mol. The second-order valence-electron chi connectivity index (χ2n) is 21.7. The molecule has 7 unspecified atom stereocenters. The molecule has 1 heterocycles. The molecule has 0 saturated carbocycles. The zero-order chi connectivity index (χ0) is 54.5. The van der Waals surface area contributed by atoms with Crippen LogP contribution in [0.25, 0.3) is 0 Å². The van der Waals surface area contributed by atoms with Crippen molar-refractivity contribution in [3.8, 4) is 0 Å². The first kappa shape index (κ1) is 70.6. The van der Waals surface area contributed by atoms with Gasteiger partial charge < -0.3 is 45.1 Å². The third-order valence-electron chi connectivity index (χ3n) is 14.6. The highest BCUT2D eigenvalue weighted by Crippen LogP contribution is 2.23. The minimum absolute atomic E-state index is 0.00155. The van der Waals surface area contributed by atoms with Crippen LogP contribution in [0, 0.1) is 0 Å². The van der Waals surface area contributed by atoms with Gasteiger partial charge in [0.15, 0.2) is 6.29 Å². The fourth-order valence-corrected chi connectivity index (χ4v) is 9.65. The highest BCUT2D eigenvalue weighted by atomic mass is 16.7. The van der Waals surface area contributed by atoms with E-state index in [4.69, 9.17) is 14.2 Å². The summed E-state index contributed by atoms with van der Waals surface area (Å²) in [5.74, 6) is -0.200. The van der Waals surface area contributed by atoms with E-state index in [0.29, 0.717) is 19.4 Å². The molecule has 0 bridgehead atoms. The fourth-order valence-electron chi connectivity index (χ4n) is 9.65. The maximum absolute atomic E-state index is 13.0. The van der Waals surface area contributed by atoms with Gasteiger partial charge in [-0.1, -0.05) is 242 Å². The molecule has 1 rings (SSSR count). The Morgan fingerprint density at radius 3 is 1.37 bits per heavy atom. The maximum atomic E-state index is 13.0. The number of rotatable bonds is 54. The number of carbonyl (C=O) groups excluding carboxylic acids is 2. The summed E-state index contributed by atoms with van der Waals surface area (Å²) in [6.45, 7) is 4.25. The van der Waals surface area contributed by atoms with Crippen molar-refractivity contribution in [3.05, 3.63) is 48.6 Å². The highest BCUT2D eigenvalue weighted by Gasteiger charge is 2.44. The third-order valence-corrected chi connectivity index (χ3v) is 14.6. The lowest BCUT2D eigenvalue weighted by Crippen LogP contribution is -2.60. The lowest BCUT2D eigenvalue weighted by atomic mass is 9.99. The van der Waals surface area contributed by atoms with Crippen LogP contribution < -0.4 is 5.32 Å². The summed E-state index contributed by atoms with van der Waals surface area (Å²) < 4.78 is 16.7. The fraction of sp³-hybridized carbons (Fsp3) is 0.844. The Balaban J connectivity index is 2.02. The molecule has 75 heavy (non-hydrogen) atoms. The summed E-state index contributed by atoms with van der Waals surface area (Å²) in [5, 5.41) is 54.3. The first-order chi connectivity index (χ1) is 36.7. The predicted molar refractivity (Wildman–Crippen MR) is 310 cm³/mol. The normalized spacial score (nSPS) is 19.1. The summed E-state index contributed by atoms with van der Waals surface area (Å²) >= 11 is 0. The van der Waals surface area contributed by atoms with Crippen LogP contribution in [0.2, 0.25) is 0 Å². The first-order valence-electron chi connectivity index (χ1n) is 31.4. The minimum atomic E-state index is -1.58. The van der Waals surface area contributed by atoms with E-state index in [1.165, 1.54) is 173 Å². The van der Waals surface area contributed by atoms with E-state index in [9.17, 15) is 35.1 Å². The molecular weight excluding hydrogens is 943 g/mol. The number of aliphatic hydroxyl groups is 5. The number of hydrogen-bond donors (Lipinski definition) is 6. The van der Waals surface area contributed by atoms with Crippen molar-refractivity contribution in [1.82, 2.24) is 5.32 Å². The average molecular weight is 1060 g/mol. The van der Waals surface area contributed by atoms with Crippen molar-refractivity contribution in [2.24, 2.45) is 0 Å². The zero-order valence-electron chi connectivity index (χ0n) is 48.3. The number of esters is 1. The molecule has 1 saturated heterocycles. The van der Waals surface area contributed by atoms with E-state index in [1.54, 1.807) is 6.08 Å². The van der Waals surface area contributed by atoms with E-state index in [0.717, 1.165) is 83.5 Å². The van der Waals surface area contributed by atoms with Crippen molar-refractivity contribution in [2.75, 3.05) is 19.8 Å². The van der Waals surface area contributed by atoms with Crippen LogP contribution in [0.5, 0.6) is 0 Å². The SMILES string of the molecule is CCC/C=C/CC/C=C/CC/C=C/C(O)C(COC1OC(CO)C(O)C(O)C1O)NC(=O)CCCCCCCCCCC/C=C\CCCCCCCCCCCCCCOC(=O)CCCCCCCCCCCCC. The number of ether oxygens (including phenoxy) is 3. The van der Waals surface area contributed by atoms with Crippen LogP contribution in [0.4, 0.5) is 0 Å². The number of aliphatic hydroxyl groups excluding tert-OH is 5. The molecule has 0 aromatic heterocycles. The van der Waals surface area contributed by atoms with Crippen LogP contribution in [0.15, 0.2) is 48.6 Å². The summed E-state index contributed by atoms with van der Waals surface area (Å²) in [4.78, 5) is 25.0. The molecule has 0 spiro atoms. The van der Waals surface area contributed by atoms with Gasteiger partial charge in [0, 0.05) is 12.8 Å². The number of carbonyl (C=O) groups is 2. The van der Waals surface area contributed by atoms with Gasteiger partial charge in [0.2, 0.25) is 5.91 Å². The molecule has 1 fully saturated rings.